The van der Waals surface area contributed by atoms with Crippen LogP contribution in [0, 0.1) is 0 Å². The lowest BCUT2D eigenvalue weighted by molar-refractivity contribution is -0.114. The quantitative estimate of drug-likeness (QED) is 0.379. The SMILES string of the molecule is O=CC(c1cnc2cc(Br)cnc2c1)C(C=O)c1cnc2cc(Br)cnc2c1. The summed E-state index contributed by atoms with van der Waals surface area (Å²) >= 11 is 6.72. The summed E-state index contributed by atoms with van der Waals surface area (Å²) in [5.41, 5.74) is 3.96. The summed E-state index contributed by atoms with van der Waals surface area (Å²) in [5.74, 6) is -1.40. The fourth-order valence-corrected chi connectivity index (χ4v) is 3.73. The average molecular weight is 500 g/mol. The molecule has 0 bridgehead atoms. The molecule has 0 saturated carbocycles. The molecule has 0 amide bonds. The second kappa shape index (κ2) is 7.81. The summed E-state index contributed by atoms with van der Waals surface area (Å²) < 4.78 is 1.64. The number of carbonyl (C=O) groups excluding carboxylic acids is 2. The summed E-state index contributed by atoms with van der Waals surface area (Å²) in [7, 11) is 0. The minimum Gasteiger partial charge on any atom is -0.303 e. The van der Waals surface area contributed by atoms with Gasteiger partial charge in [-0.15, -0.1) is 0 Å². The van der Waals surface area contributed by atoms with E-state index in [1.165, 1.54) is 0 Å². The van der Waals surface area contributed by atoms with Crippen LogP contribution in [-0.4, -0.2) is 32.5 Å². The first-order valence-electron chi connectivity index (χ1n) is 8.32. The van der Waals surface area contributed by atoms with Crippen LogP contribution in [0.2, 0.25) is 0 Å². The summed E-state index contributed by atoms with van der Waals surface area (Å²) in [4.78, 5) is 41.3. The second-order valence-corrected chi connectivity index (χ2v) is 8.08. The molecule has 0 saturated heterocycles. The summed E-state index contributed by atoms with van der Waals surface area (Å²) in [6, 6.07) is 7.26. The molecule has 6 nitrogen and oxygen atoms in total. The van der Waals surface area contributed by atoms with Crippen molar-refractivity contribution in [3.8, 4) is 0 Å². The first-order chi connectivity index (χ1) is 13.6. The average Bonchev–Trinajstić information content (AvgIpc) is 2.71. The van der Waals surface area contributed by atoms with Gasteiger partial charge < -0.3 is 9.59 Å². The third-order valence-electron chi connectivity index (χ3n) is 4.49. The molecule has 2 atom stereocenters. The van der Waals surface area contributed by atoms with E-state index in [-0.39, 0.29) is 0 Å². The van der Waals surface area contributed by atoms with E-state index in [4.69, 9.17) is 0 Å². The molecule has 0 aromatic carbocycles. The minimum absolute atomic E-state index is 0.623. The van der Waals surface area contributed by atoms with Gasteiger partial charge in [-0.1, -0.05) is 0 Å². The van der Waals surface area contributed by atoms with Gasteiger partial charge in [0.2, 0.25) is 0 Å². The van der Waals surface area contributed by atoms with Crippen LogP contribution < -0.4 is 0 Å². The Labute approximate surface area is 176 Å². The summed E-state index contributed by atoms with van der Waals surface area (Å²) in [6.07, 6.45) is 8.07. The molecular formula is C20H12Br2N4O2. The van der Waals surface area contributed by atoms with Gasteiger partial charge >= 0.3 is 0 Å². The maximum absolute atomic E-state index is 11.9. The Hall–Kier alpha value is -2.58. The highest BCUT2D eigenvalue weighted by atomic mass is 79.9. The zero-order chi connectivity index (χ0) is 19.7. The van der Waals surface area contributed by atoms with Crippen LogP contribution in [0.5, 0.6) is 0 Å². The minimum atomic E-state index is -0.699. The van der Waals surface area contributed by atoms with Crippen LogP contribution in [0.25, 0.3) is 22.1 Å². The Morgan fingerprint density at radius 1 is 0.607 bits per heavy atom. The van der Waals surface area contributed by atoms with Gasteiger partial charge in [-0.3, -0.25) is 19.9 Å². The van der Waals surface area contributed by atoms with Crippen LogP contribution in [0.15, 0.2) is 58.0 Å². The number of aldehydes is 2. The Balaban J connectivity index is 1.77. The Kier molecular flexibility index (Phi) is 5.23. The second-order valence-electron chi connectivity index (χ2n) is 6.24. The number of carbonyl (C=O) groups is 2. The topological polar surface area (TPSA) is 85.7 Å². The van der Waals surface area contributed by atoms with Crippen molar-refractivity contribution in [1.29, 1.82) is 0 Å². The number of nitrogens with zero attached hydrogens (tertiary/aromatic N) is 4. The fraction of sp³-hybridized carbons (Fsp3) is 0.100. The predicted octanol–water partition coefficient (Wildman–Crippen LogP) is 4.36. The molecular weight excluding hydrogens is 488 g/mol. The molecule has 0 aliphatic heterocycles. The maximum atomic E-state index is 11.9. The highest BCUT2D eigenvalue weighted by molar-refractivity contribution is 9.10. The smallest absolute Gasteiger partial charge is 0.128 e. The molecule has 28 heavy (non-hydrogen) atoms. The van der Waals surface area contributed by atoms with Gasteiger partial charge in [0.25, 0.3) is 0 Å². The molecule has 4 heterocycles. The van der Waals surface area contributed by atoms with E-state index < -0.39 is 11.8 Å². The molecule has 4 aromatic heterocycles. The number of hydrogen-bond donors (Lipinski definition) is 0. The van der Waals surface area contributed by atoms with E-state index in [2.05, 4.69) is 51.8 Å². The van der Waals surface area contributed by atoms with Gasteiger partial charge in [-0.2, -0.15) is 0 Å². The highest BCUT2D eigenvalue weighted by Gasteiger charge is 2.26. The standard InChI is InChI=1S/C20H12Br2N4O2/c21-13-3-19-17(25-7-13)1-11(5-23-19)15(9-27)16(10-28)12-2-18-20(24-6-12)4-14(22)8-26-18/h1-10,15-16H. The van der Waals surface area contributed by atoms with Gasteiger partial charge in [-0.05, 0) is 67.3 Å². The number of pyridine rings is 4. The number of fused-ring (bicyclic) bond motifs is 2. The predicted molar refractivity (Wildman–Crippen MR) is 112 cm³/mol. The van der Waals surface area contributed by atoms with E-state index >= 15 is 0 Å². The zero-order valence-electron chi connectivity index (χ0n) is 14.3. The van der Waals surface area contributed by atoms with Gasteiger partial charge in [0.05, 0.1) is 33.9 Å². The molecule has 0 aliphatic carbocycles. The normalized spacial score (nSPS) is 13.4. The van der Waals surface area contributed by atoms with Crippen LogP contribution in [0.3, 0.4) is 0 Å². The molecule has 0 N–H and O–H groups in total. The third-order valence-corrected chi connectivity index (χ3v) is 5.36. The zero-order valence-corrected chi connectivity index (χ0v) is 17.5. The van der Waals surface area contributed by atoms with E-state index in [0.29, 0.717) is 33.2 Å². The van der Waals surface area contributed by atoms with E-state index in [0.717, 1.165) is 21.5 Å². The first-order valence-corrected chi connectivity index (χ1v) is 9.90. The lowest BCUT2D eigenvalue weighted by Crippen LogP contribution is -2.15. The van der Waals surface area contributed by atoms with Crippen molar-refractivity contribution in [3.63, 3.8) is 0 Å². The van der Waals surface area contributed by atoms with Crippen molar-refractivity contribution in [3.05, 3.63) is 69.1 Å². The first kappa shape index (κ1) is 18.8. The van der Waals surface area contributed by atoms with Crippen LogP contribution in [0.1, 0.15) is 23.0 Å². The van der Waals surface area contributed by atoms with Crippen LogP contribution >= 0.6 is 31.9 Å². The molecule has 0 radical (unpaired) electrons. The lowest BCUT2D eigenvalue weighted by atomic mass is 9.84. The van der Waals surface area contributed by atoms with Crippen LogP contribution in [0.4, 0.5) is 0 Å². The largest absolute Gasteiger partial charge is 0.303 e. The Morgan fingerprint density at radius 2 is 0.964 bits per heavy atom. The summed E-state index contributed by atoms with van der Waals surface area (Å²) in [6.45, 7) is 0. The maximum Gasteiger partial charge on any atom is 0.128 e. The number of hydrogen-bond acceptors (Lipinski definition) is 6. The molecule has 2 unspecified atom stereocenters. The van der Waals surface area contributed by atoms with Crippen molar-refractivity contribution >= 4 is 66.5 Å². The molecule has 4 aromatic rings. The molecule has 138 valence electrons. The Morgan fingerprint density at radius 3 is 1.36 bits per heavy atom. The number of rotatable bonds is 5. The van der Waals surface area contributed by atoms with Crippen molar-refractivity contribution in [2.24, 2.45) is 0 Å². The van der Waals surface area contributed by atoms with Crippen molar-refractivity contribution in [2.75, 3.05) is 0 Å². The lowest BCUT2D eigenvalue weighted by Gasteiger charge is -2.18. The molecule has 0 aliphatic rings. The number of halogens is 2. The van der Waals surface area contributed by atoms with Crippen molar-refractivity contribution in [2.45, 2.75) is 11.8 Å². The summed E-state index contributed by atoms with van der Waals surface area (Å²) in [5, 5.41) is 0. The molecule has 0 spiro atoms. The van der Waals surface area contributed by atoms with E-state index in [1.807, 2.05) is 12.1 Å². The molecule has 8 heteroatoms. The monoisotopic (exact) mass is 498 g/mol. The van der Waals surface area contributed by atoms with Crippen molar-refractivity contribution < 1.29 is 9.59 Å². The van der Waals surface area contributed by atoms with Crippen molar-refractivity contribution in [1.82, 2.24) is 19.9 Å². The molecule has 4 rings (SSSR count). The van der Waals surface area contributed by atoms with E-state index in [1.54, 1.807) is 36.9 Å². The van der Waals surface area contributed by atoms with Gasteiger partial charge in [0.15, 0.2) is 0 Å². The molecule has 0 fully saturated rings. The third kappa shape index (κ3) is 3.57. The van der Waals surface area contributed by atoms with Gasteiger partial charge in [0, 0.05) is 33.7 Å². The Bertz CT molecular complexity index is 1120. The van der Waals surface area contributed by atoms with Gasteiger partial charge in [-0.25, -0.2) is 0 Å². The highest BCUT2D eigenvalue weighted by Crippen LogP contribution is 2.32. The van der Waals surface area contributed by atoms with E-state index in [9.17, 15) is 9.59 Å². The fourth-order valence-electron chi connectivity index (χ4n) is 3.09. The van der Waals surface area contributed by atoms with Gasteiger partial charge in [0.1, 0.15) is 12.6 Å². The number of aromatic nitrogens is 4. The van der Waals surface area contributed by atoms with Crippen LogP contribution in [-0.2, 0) is 9.59 Å².